The molecule has 3 rings (SSSR count). The number of nitrogens with zero attached hydrogens (tertiary/aromatic N) is 2. The Kier molecular flexibility index (Phi) is 3.36. The second kappa shape index (κ2) is 5.15. The van der Waals surface area contributed by atoms with Crippen molar-refractivity contribution in [2.45, 2.75) is 13.5 Å². The molecule has 96 valence electrons. The zero-order chi connectivity index (χ0) is 13.2. The van der Waals surface area contributed by atoms with E-state index in [1.165, 1.54) is 10.4 Å². The molecule has 5 heteroatoms. The molecule has 2 aromatic heterocycles. The van der Waals surface area contributed by atoms with Crippen LogP contribution in [0.15, 0.2) is 36.4 Å². The molecule has 0 spiro atoms. The molecule has 0 saturated carbocycles. The summed E-state index contributed by atoms with van der Waals surface area (Å²) in [6.45, 7) is 2.78. The Morgan fingerprint density at radius 2 is 2.00 bits per heavy atom. The van der Waals surface area contributed by atoms with Gasteiger partial charge in [0.1, 0.15) is 10.6 Å². The van der Waals surface area contributed by atoms with E-state index in [0.717, 1.165) is 22.6 Å². The number of fused-ring (bicyclic) bond motifs is 1. The summed E-state index contributed by atoms with van der Waals surface area (Å²) >= 11 is 7.59. The maximum absolute atomic E-state index is 5.96. The third kappa shape index (κ3) is 2.69. The standard InChI is InChI=1S/C14H12ClN3S/c1-9-7-11-12(17-14(15)18-13(11)19-9)16-8-10-5-3-2-4-6-10/h2-7H,8H2,1H3,(H,16,17,18). The van der Waals surface area contributed by atoms with E-state index in [-0.39, 0.29) is 5.28 Å². The lowest BCUT2D eigenvalue weighted by Gasteiger charge is -2.07. The van der Waals surface area contributed by atoms with Crippen LogP contribution >= 0.6 is 22.9 Å². The number of rotatable bonds is 3. The first-order chi connectivity index (χ1) is 9.22. The number of anilines is 1. The van der Waals surface area contributed by atoms with E-state index in [0.29, 0.717) is 0 Å². The Morgan fingerprint density at radius 1 is 1.21 bits per heavy atom. The zero-order valence-electron chi connectivity index (χ0n) is 10.4. The Labute approximate surface area is 120 Å². The van der Waals surface area contributed by atoms with Crippen LogP contribution < -0.4 is 5.32 Å². The number of halogens is 1. The topological polar surface area (TPSA) is 37.8 Å². The third-order valence-corrected chi connectivity index (χ3v) is 3.90. The Hall–Kier alpha value is -1.65. The van der Waals surface area contributed by atoms with Crippen molar-refractivity contribution in [3.8, 4) is 0 Å². The number of benzene rings is 1. The summed E-state index contributed by atoms with van der Waals surface area (Å²) in [5, 5.41) is 4.64. The summed E-state index contributed by atoms with van der Waals surface area (Å²) in [5.41, 5.74) is 1.21. The van der Waals surface area contributed by atoms with Gasteiger partial charge in [-0.2, -0.15) is 0 Å². The highest BCUT2D eigenvalue weighted by atomic mass is 35.5. The monoisotopic (exact) mass is 289 g/mol. The van der Waals surface area contributed by atoms with Gasteiger partial charge in [-0.25, -0.2) is 9.97 Å². The van der Waals surface area contributed by atoms with Crippen LogP contribution in [0.5, 0.6) is 0 Å². The molecule has 0 aliphatic carbocycles. The van der Waals surface area contributed by atoms with Crippen molar-refractivity contribution in [3.05, 3.63) is 52.1 Å². The van der Waals surface area contributed by atoms with Gasteiger partial charge in [-0.1, -0.05) is 30.3 Å². The fourth-order valence-electron chi connectivity index (χ4n) is 1.93. The smallest absolute Gasteiger partial charge is 0.225 e. The van der Waals surface area contributed by atoms with Gasteiger partial charge in [0, 0.05) is 11.4 Å². The molecule has 2 heterocycles. The van der Waals surface area contributed by atoms with Crippen LogP contribution in [-0.2, 0) is 6.54 Å². The number of nitrogens with one attached hydrogen (secondary N) is 1. The highest BCUT2D eigenvalue weighted by Crippen LogP contribution is 2.29. The molecular weight excluding hydrogens is 278 g/mol. The van der Waals surface area contributed by atoms with Gasteiger partial charge in [-0.05, 0) is 30.2 Å². The lowest BCUT2D eigenvalue weighted by atomic mass is 10.2. The third-order valence-electron chi connectivity index (χ3n) is 2.79. The largest absolute Gasteiger partial charge is 0.365 e. The average molecular weight is 290 g/mol. The van der Waals surface area contributed by atoms with Gasteiger partial charge < -0.3 is 5.32 Å². The summed E-state index contributed by atoms with van der Waals surface area (Å²) in [5.74, 6) is 0.795. The highest BCUT2D eigenvalue weighted by Gasteiger charge is 2.09. The van der Waals surface area contributed by atoms with Gasteiger partial charge in [-0.3, -0.25) is 0 Å². The predicted molar refractivity (Wildman–Crippen MR) is 80.9 cm³/mol. The van der Waals surface area contributed by atoms with E-state index in [9.17, 15) is 0 Å². The molecule has 0 saturated heterocycles. The minimum Gasteiger partial charge on any atom is -0.365 e. The van der Waals surface area contributed by atoms with Gasteiger partial charge in [-0.15, -0.1) is 11.3 Å². The molecule has 1 N–H and O–H groups in total. The second-order valence-corrected chi connectivity index (χ2v) is 5.83. The van der Waals surface area contributed by atoms with Crippen molar-refractivity contribution >= 4 is 39.0 Å². The van der Waals surface area contributed by atoms with E-state index in [1.54, 1.807) is 11.3 Å². The fourth-order valence-corrected chi connectivity index (χ4v) is 3.03. The van der Waals surface area contributed by atoms with Crippen LogP contribution in [0.25, 0.3) is 10.2 Å². The molecule has 0 atom stereocenters. The van der Waals surface area contributed by atoms with E-state index in [2.05, 4.69) is 40.4 Å². The van der Waals surface area contributed by atoms with Crippen LogP contribution in [0.4, 0.5) is 5.82 Å². The minimum atomic E-state index is 0.282. The van der Waals surface area contributed by atoms with Gasteiger partial charge in [0.2, 0.25) is 5.28 Å². The Bertz CT molecular complexity index is 709. The molecule has 0 fully saturated rings. The summed E-state index contributed by atoms with van der Waals surface area (Å²) in [6, 6.07) is 12.3. The van der Waals surface area contributed by atoms with E-state index in [1.807, 2.05) is 18.2 Å². The number of thiophene rings is 1. The molecule has 0 unspecified atom stereocenters. The Morgan fingerprint density at radius 3 is 2.79 bits per heavy atom. The van der Waals surface area contributed by atoms with Crippen molar-refractivity contribution in [1.82, 2.24) is 9.97 Å². The maximum Gasteiger partial charge on any atom is 0.225 e. The normalized spacial score (nSPS) is 10.8. The van der Waals surface area contributed by atoms with Crippen LogP contribution in [0.1, 0.15) is 10.4 Å². The maximum atomic E-state index is 5.96. The van der Waals surface area contributed by atoms with E-state index >= 15 is 0 Å². The van der Waals surface area contributed by atoms with Gasteiger partial charge >= 0.3 is 0 Å². The van der Waals surface area contributed by atoms with Crippen LogP contribution in [-0.4, -0.2) is 9.97 Å². The quantitative estimate of drug-likeness (QED) is 0.732. The molecule has 3 nitrogen and oxygen atoms in total. The Balaban J connectivity index is 1.92. The SMILES string of the molecule is Cc1cc2c(NCc3ccccc3)nc(Cl)nc2s1. The molecule has 0 aliphatic rings. The van der Waals surface area contributed by atoms with Crippen molar-refractivity contribution in [3.63, 3.8) is 0 Å². The van der Waals surface area contributed by atoms with Crippen molar-refractivity contribution in [2.75, 3.05) is 5.32 Å². The fraction of sp³-hybridized carbons (Fsp3) is 0.143. The number of hydrogen-bond donors (Lipinski definition) is 1. The van der Waals surface area contributed by atoms with Crippen molar-refractivity contribution in [2.24, 2.45) is 0 Å². The van der Waals surface area contributed by atoms with E-state index < -0.39 is 0 Å². The summed E-state index contributed by atoms with van der Waals surface area (Å²) in [7, 11) is 0. The lowest BCUT2D eigenvalue weighted by molar-refractivity contribution is 1.11. The molecular formula is C14H12ClN3S. The van der Waals surface area contributed by atoms with E-state index in [4.69, 9.17) is 11.6 Å². The summed E-state index contributed by atoms with van der Waals surface area (Å²) < 4.78 is 0. The summed E-state index contributed by atoms with van der Waals surface area (Å²) in [4.78, 5) is 10.7. The number of hydrogen-bond acceptors (Lipinski definition) is 4. The van der Waals surface area contributed by atoms with Crippen LogP contribution in [0, 0.1) is 6.92 Å². The van der Waals surface area contributed by atoms with Crippen LogP contribution in [0.2, 0.25) is 5.28 Å². The molecule has 0 radical (unpaired) electrons. The first kappa shape index (κ1) is 12.4. The first-order valence-electron chi connectivity index (χ1n) is 5.94. The summed E-state index contributed by atoms with van der Waals surface area (Å²) in [6.07, 6.45) is 0. The number of aryl methyl sites for hydroxylation is 1. The molecule has 0 bridgehead atoms. The van der Waals surface area contributed by atoms with Gasteiger partial charge in [0.25, 0.3) is 0 Å². The molecule has 0 amide bonds. The van der Waals surface area contributed by atoms with Gasteiger partial charge in [0.15, 0.2) is 0 Å². The van der Waals surface area contributed by atoms with Crippen LogP contribution in [0.3, 0.4) is 0 Å². The lowest BCUT2D eigenvalue weighted by Crippen LogP contribution is -2.02. The van der Waals surface area contributed by atoms with Crippen molar-refractivity contribution < 1.29 is 0 Å². The molecule has 1 aromatic carbocycles. The number of aromatic nitrogens is 2. The second-order valence-electron chi connectivity index (χ2n) is 4.26. The van der Waals surface area contributed by atoms with Crippen molar-refractivity contribution in [1.29, 1.82) is 0 Å². The first-order valence-corrected chi connectivity index (χ1v) is 7.13. The zero-order valence-corrected chi connectivity index (χ0v) is 11.9. The van der Waals surface area contributed by atoms with Gasteiger partial charge in [0.05, 0.1) is 5.39 Å². The molecule has 0 aliphatic heterocycles. The molecule has 3 aromatic rings. The minimum absolute atomic E-state index is 0.282. The molecule has 19 heavy (non-hydrogen) atoms. The average Bonchev–Trinajstić information content (AvgIpc) is 2.77. The highest BCUT2D eigenvalue weighted by molar-refractivity contribution is 7.18. The predicted octanol–water partition coefficient (Wildman–Crippen LogP) is 4.27.